The van der Waals surface area contributed by atoms with E-state index in [-0.39, 0.29) is 15.6 Å². The molecular weight excluding hydrogens is 205 g/mol. The summed E-state index contributed by atoms with van der Waals surface area (Å²) < 4.78 is 24.4. The predicted molar refractivity (Wildman–Crippen MR) is 46.2 cm³/mol. The number of alkyl halides is 2. The average Bonchev–Trinajstić information content (AvgIpc) is 2.00. The number of hydrogen-bond donors (Lipinski definition) is 0. The maximum atomic E-state index is 12.2. The van der Waals surface area contributed by atoms with Crippen LogP contribution in [0.15, 0.2) is 12.1 Å². The summed E-state index contributed by atoms with van der Waals surface area (Å²) in [7, 11) is 0. The van der Waals surface area contributed by atoms with Gasteiger partial charge in [0, 0.05) is 5.56 Å². The van der Waals surface area contributed by atoms with Crippen LogP contribution in [0.25, 0.3) is 0 Å². The van der Waals surface area contributed by atoms with Gasteiger partial charge in [-0.1, -0.05) is 35.3 Å². The van der Waals surface area contributed by atoms with Crippen LogP contribution in [-0.4, -0.2) is 0 Å². The fraction of sp³-hybridized carbons (Fsp3) is 0.250. The number of benzene rings is 1. The highest BCUT2D eigenvalue weighted by Gasteiger charge is 2.14. The Morgan fingerprint density at radius 3 is 2.25 bits per heavy atom. The smallest absolute Gasteiger partial charge is 0.205 e. The van der Waals surface area contributed by atoms with Crippen molar-refractivity contribution in [2.45, 2.75) is 13.3 Å². The minimum absolute atomic E-state index is 0.0494. The molecule has 66 valence electrons. The molecule has 0 unspecified atom stereocenters. The molecule has 0 aromatic heterocycles. The lowest BCUT2D eigenvalue weighted by Gasteiger charge is -2.06. The Kier molecular flexibility index (Phi) is 2.91. The fourth-order valence-electron chi connectivity index (χ4n) is 0.829. The Bertz CT molecular complexity index is 297. The molecule has 0 aliphatic heterocycles. The second-order valence-corrected chi connectivity index (χ2v) is 3.16. The Morgan fingerprint density at radius 2 is 1.75 bits per heavy atom. The minimum atomic E-state index is -2.57. The molecule has 0 radical (unpaired) electrons. The second kappa shape index (κ2) is 3.58. The maximum absolute atomic E-state index is 12.2. The summed E-state index contributed by atoms with van der Waals surface area (Å²) in [5.74, 6) is 0. The van der Waals surface area contributed by atoms with Crippen molar-refractivity contribution in [1.82, 2.24) is 0 Å². The zero-order valence-electron chi connectivity index (χ0n) is 6.24. The monoisotopic (exact) mass is 210 g/mol. The van der Waals surface area contributed by atoms with Gasteiger partial charge in [-0.15, -0.1) is 0 Å². The summed E-state index contributed by atoms with van der Waals surface area (Å²) in [6.45, 7) is 1.71. The summed E-state index contributed by atoms with van der Waals surface area (Å²) in [5, 5.41) is 0.154. The lowest BCUT2D eigenvalue weighted by atomic mass is 10.1. The molecule has 12 heavy (non-hydrogen) atoms. The van der Waals surface area contributed by atoms with Crippen molar-refractivity contribution in [3.63, 3.8) is 0 Å². The van der Waals surface area contributed by atoms with Gasteiger partial charge < -0.3 is 0 Å². The van der Waals surface area contributed by atoms with Crippen molar-refractivity contribution in [3.8, 4) is 0 Å². The standard InChI is InChI=1S/C8H6Cl2F2/c1-4-2-3-5(8(11)12)7(10)6(4)9/h2-3,8H,1H3. The molecule has 0 saturated heterocycles. The van der Waals surface area contributed by atoms with Gasteiger partial charge in [-0.25, -0.2) is 8.78 Å². The van der Waals surface area contributed by atoms with Gasteiger partial charge in [-0.2, -0.15) is 0 Å². The molecule has 0 fully saturated rings. The van der Waals surface area contributed by atoms with E-state index < -0.39 is 6.43 Å². The zero-order valence-corrected chi connectivity index (χ0v) is 7.76. The Labute approximate surface area is 79.1 Å². The third kappa shape index (κ3) is 1.70. The molecule has 0 nitrogen and oxygen atoms in total. The van der Waals surface area contributed by atoms with Crippen LogP contribution in [0.2, 0.25) is 10.0 Å². The first kappa shape index (κ1) is 9.75. The van der Waals surface area contributed by atoms with Gasteiger partial charge in [0.1, 0.15) is 0 Å². The zero-order chi connectivity index (χ0) is 9.30. The van der Waals surface area contributed by atoms with Gasteiger partial charge in [0.25, 0.3) is 6.43 Å². The summed E-state index contributed by atoms with van der Waals surface area (Å²) in [6, 6.07) is 2.81. The number of halogens is 4. The van der Waals surface area contributed by atoms with Crippen molar-refractivity contribution in [2.75, 3.05) is 0 Å². The van der Waals surface area contributed by atoms with Gasteiger partial charge in [-0.3, -0.25) is 0 Å². The van der Waals surface area contributed by atoms with E-state index in [0.29, 0.717) is 5.56 Å². The van der Waals surface area contributed by atoms with Crippen LogP contribution < -0.4 is 0 Å². The molecule has 0 heterocycles. The van der Waals surface area contributed by atoms with Gasteiger partial charge in [-0.05, 0) is 12.5 Å². The number of rotatable bonds is 1. The van der Waals surface area contributed by atoms with Crippen molar-refractivity contribution in [1.29, 1.82) is 0 Å². The van der Waals surface area contributed by atoms with Crippen LogP contribution in [0.3, 0.4) is 0 Å². The quantitative estimate of drug-likeness (QED) is 0.651. The fourth-order valence-corrected chi connectivity index (χ4v) is 1.30. The first-order valence-corrected chi connectivity index (χ1v) is 4.02. The van der Waals surface area contributed by atoms with Crippen molar-refractivity contribution >= 4 is 23.2 Å². The first-order chi connectivity index (χ1) is 5.54. The molecule has 0 atom stereocenters. The van der Waals surface area contributed by atoms with Gasteiger partial charge in [0.2, 0.25) is 0 Å². The summed E-state index contributed by atoms with van der Waals surface area (Å²) in [4.78, 5) is 0. The van der Waals surface area contributed by atoms with E-state index in [4.69, 9.17) is 23.2 Å². The van der Waals surface area contributed by atoms with Crippen LogP contribution in [0.5, 0.6) is 0 Å². The van der Waals surface area contributed by atoms with E-state index in [1.165, 1.54) is 12.1 Å². The van der Waals surface area contributed by atoms with Crippen LogP contribution in [0.1, 0.15) is 17.6 Å². The third-order valence-corrected chi connectivity index (χ3v) is 2.53. The predicted octanol–water partition coefficient (Wildman–Crippen LogP) is 4.24. The minimum Gasteiger partial charge on any atom is -0.205 e. The molecule has 0 aliphatic rings. The normalized spacial score (nSPS) is 10.8. The third-order valence-electron chi connectivity index (χ3n) is 1.54. The molecule has 1 aromatic carbocycles. The van der Waals surface area contributed by atoms with Crippen molar-refractivity contribution in [3.05, 3.63) is 33.3 Å². The number of hydrogen-bond acceptors (Lipinski definition) is 0. The molecule has 0 amide bonds. The Hall–Kier alpha value is -0.340. The van der Waals surface area contributed by atoms with Gasteiger partial charge >= 0.3 is 0 Å². The Balaban J connectivity index is 3.27. The molecule has 0 spiro atoms. The Morgan fingerprint density at radius 1 is 1.17 bits per heavy atom. The summed E-state index contributed by atoms with van der Waals surface area (Å²) >= 11 is 11.2. The highest BCUT2D eigenvalue weighted by atomic mass is 35.5. The maximum Gasteiger partial charge on any atom is 0.265 e. The van der Waals surface area contributed by atoms with Crippen LogP contribution in [0.4, 0.5) is 8.78 Å². The van der Waals surface area contributed by atoms with E-state index in [9.17, 15) is 8.78 Å². The number of aryl methyl sites for hydroxylation is 1. The second-order valence-electron chi connectivity index (χ2n) is 2.40. The van der Waals surface area contributed by atoms with Crippen LogP contribution in [0, 0.1) is 6.92 Å². The molecule has 0 bridgehead atoms. The molecule has 4 heteroatoms. The molecule has 0 aliphatic carbocycles. The van der Waals surface area contributed by atoms with Crippen molar-refractivity contribution < 1.29 is 8.78 Å². The lowest BCUT2D eigenvalue weighted by molar-refractivity contribution is 0.151. The average molecular weight is 211 g/mol. The van der Waals surface area contributed by atoms with E-state index in [2.05, 4.69) is 0 Å². The molecule has 0 N–H and O–H groups in total. The van der Waals surface area contributed by atoms with Gasteiger partial charge in [0.15, 0.2) is 0 Å². The molecular formula is C8H6Cl2F2. The highest BCUT2D eigenvalue weighted by molar-refractivity contribution is 6.43. The molecule has 1 rings (SSSR count). The SMILES string of the molecule is Cc1ccc(C(F)F)c(Cl)c1Cl. The van der Waals surface area contributed by atoms with Crippen LogP contribution in [-0.2, 0) is 0 Å². The van der Waals surface area contributed by atoms with E-state index in [0.717, 1.165) is 0 Å². The highest BCUT2D eigenvalue weighted by Crippen LogP contribution is 2.34. The lowest BCUT2D eigenvalue weighted by Crippen LogP contribution is -1.88. The molecule has 0 saturated carbocycles. The van der Waals surface area contributed by atoms with Crippen molar-refractivity contribution in [2.24, 2.45) is 0 Å². The topological polar surface area (TPSA) is 0 Å². The van der Waals surface area contributed by atoms with E-state index in [1.807, 2.05) is 0 Å². The first-order valence-electron chi connectivity index (χ1n) is 3.26. The van der Waals surface area contributed by atoms with Gasteiger partial charge in [0.05, 0.1) is 10.0 Å². The van der Waals surface area contributed by atoms with E-state index >= 15 is 0 Å². The summed E-state index contributed by atoms with van der Waals surface area (Å²) in [5.41, 5.74) is 0.485. The van der Waals surface area contributed by atoms with E-state index in [1.54, 1.807) is 6.92 Å². The molecule has 1 aromatic rings. The largest absolute Gasteiger partial charge is 0.265 e. The van der Waals surface area contributed by atoms with Crippen LogP contribution >= 0.6 is 23.2 Å². The summed E-state index contributed by atoms with van der Waals surface area (Å²) in [6.07, 6.45) is -2.57.